The predicted molar refractivity (Wildman–Crippen MR) is 129 cm³/mol. The van der Waals surface area contributed by atoms with Gasteiger partial charge < -0.3 is 19.3 Å². The summed E-state index contributed by atoms with van der Waals surface area (Å²) in [5.41, 5.74) is 2.53. The van der Waals surface area contributed by atoms with E-state index in [4.69, 9.17) is 19.3 Å². The zero-order chi connectivity index (χ0) is 25.1. The molecule has 3 aromatic rings. The van der Waals surface area contributed by atoms with Crippen LogP contribution >= 0.6 is 0 Å². The van der Waals surface area contributed by atoms with Gasteiger partial charge in [-0.3, -0.25) is 15.1 Å². The van der Waals surface area contributed by atoms with Crippen molar-refractivity contribution in [1.82, 2.24) is 0 Å². The molecule has 1 unspecified atom stereocenters. The number of nitro benzene ring substituents is 1. The lowest BCUT2D eigenvalue weighted by molar-refractivity contribution is -0.384. The summed E-state index contributed by atoms with van der Waals surface area (Å²) in [6.45, 7) is 0. The third-order valence-corrected chi connectivity index (χ3v) is 5.81. The van der Waals surface area contributed by atoms with Crippen molar-refractivity contribution in [3.63, 3.8) is 0 Å². The number of carboxylic acids is 1. The third kappa shape index (κ3) is 4.45. The predicted octanol–water partition coefficient (Wildman–Crippen LogP) is 4.67. The van der Waals surface area contributed by atoms with Crippen molar-refractivity contribution in [2.75, 3.05) is 26.3 Å². The van der Waals surface area contributed by atoms with E-state index >= 15 is 0 Å². The van der Waals surface area contributed by atoms with Crippen LogP contribution in [0, 0.1) is 10.1 Å². The summed E-state index contributed by atoms with van der Waals surface area (Å²) >= 11 is 0. The van der Waals surface area contributed by atoms with Crippen LogP contribution in [0.5, 0.6) is 17.2 Å². The molecule has 0 spiro atoms. The lowest BCUT2D eigenvalue weighted by Gasteiger charge is -2.26. The Morgan fingerprint density at radius 2 is 1.69 bits per heavy atom. The van der Waals surface area contributed by atoms with E-state index in [0.717, 1.165) is 11.3 Å². The van der Waals surface area contributed by atoms with Crippen molar-refractivity contribution in [3.8, 4) is 17.2 Å². The van der Waals surface area contributed by atoms with Crippen LogP contribution in [-0.4, -0.2) is 43.0 Å². The lowest BCUT2D eigenvalue weighted by atomic mass is 9.93. The van der Waals surface area contributed by atoms with Crippen molar-refractivity contribution in [1.29, 1.82) is 0 Å². The summed E-state index contributed by atoms with van der Waals surface area (Å²) in [6.07, 6.45) is 0.388. The fourth-order valence-electron chi connectivity index (χ4n) is 4.12. The number of methoxy groups -OCH3 is 3. The first kappa shape index (κ1) is 23.6. The van der Waals surface area contributed by atoms with Crippen molar-refractivity contribution in [2.45, 2.75) is 12.5 Å². The average Bonchev–Trinajstić information content (AvgIpc) is 3.33. The van der Waals surface area contributed by atoms with Gasteiger partial charge in [-0.2, -0.15) is 5.10 Å². The normalized spacial score (nSPS) is 14.9. The highest BCUT2D eigenvalue weighted by molar-refractivity contribution is 6.04. The molecule has 1 heterocycles. The first-order valence-electron chi connectivity index (χ1n) is 10.6. The number of hydrogen-bond acceptors (Lipinski definition) is 8. The molecular weight excluding hydrogens is 454 g/mol. The molecule has 0 saturated heterocycles. The molecule has 3 aromatic carbocycles. The quantitative estimate of drug-likeness (QED) is 0.367. The summed E-state index contributed by atoms with van der Waals surface area (Å²) in [5.74, 6) is -0.0645. The van der Waals surface area contributed by atoms with Gasteiger partial charge >= 0.3 is 5.97 Å². The first-order chi connectivity index (χ1) is 16.9. The zero-order valence-corrected chi connectivity index (χ0v) is 19.3. The zero-order valence-electron chi connectivity index (χ0n) is 19.3. The van der Waals surface area contributed by atoms with Gasteiger partial charge in [-0.1, -0.05) is 6.07 Å². The Kier molecular flexibility index (Phi) is 6.54. The summed E-state index contributed by atoms with van der Waals surface area (Å²) in [6, 6.07) is 16.2. The number of nitrogens with zero attached hydrogens (tertiary/aromatic N) is 3. The number of hydrogen-bond donors (Lipinski definition) is 1. The van der Waals surface area contributed by atoms with Gasteiger partial charge in [0.1, 0.15) is 11.3 Å². The summed E-state index contributed by atoms with van der Waals surface area (Å²) < 4.78 is 15.9. The van der Waals surface area contributed by atoms with Crippen molar-refractivity contribution in [3.05, 3.63) is 87.5 Å². The molecule has 4 rings (SSSR count). The molecule has 0 bridgehead atoms. The summed E-state index contributed by atoms with van der Waals surface area (Å²) in [5, 5.41) is 27.7. The van der Waals surface area contributed by atoms with Gasteiger partial charge in [0.05, 0.1) is 43.7 Å². The molecule has 0 amide bonds. The minimum Gasteiger partial charge on any atom is -0.497 e. The SMILES string of the molecule is COc1ccc(C2=NN(c3ccc([N+](=O)[O-])cc3)C(c3ccc(OC)c(OC)c3C(=O)O)C2)cc1. The molecule has 1 N–H and O–H groups in total. The minimum absolute atomic E-state index is 0.0325. The number of anilines is 1. The highest BCUT2D eigenvalue weighted by atomic mass is 16.6. The Morgan fingerprint density at radius 1 is 1.00 bits per heavy atom. The van der Waals surface area contributed by atoms with E-state index in [1.807, 2.05) is 24.3 Å². The molecule has 1 aliphatic rings. The van der Waals surface area contributed by atoms with E-state index in [0.29, 0.717) is 29.2 Å². The maximum atomic E-state index is 12.3. The van der Waals surface area contributed by atoms with Gasteiger partial charge in [0, 0.05) is 18.6 Å². The van der Waals surface area contributed by atoms with Crippen LogP contribution in [0.3, 0.4) is 0 Å². The molecule has 10 nitrogen and oxygen atoms in total. The molecule has 0 aliphatic carbocycles. The Balaban J connectivity index is 1.84. The number of nitro groups is 1. The Labute approximate surface area is 201 Å². The van der Waals surface area contributed by atoms with Gasteiger partial charge in [-0.25, -0.2) is 4.79 Å². The van der Waals surface area contributed by atoms with Crippen molar-refractivity contribution in [2.24, 2.45) is 5.10 Å². The number of rotatable bonds is 8. The number of aromatic carboxylic acids is 1. The number of hydrazone groups is 1. The summed E-state index contributed by atoms with van der Waals surface area (Å²) in [7, 11) is 4.40. The molecule has 10 heteroatoms. The molecule has 0 radical (unpaired) electrons. The topological polar surface area (TPSA) is 124 Å². The van der Waals surface area contributed by atoms with Crippen LogP contribution in [0.4, 0.5) is 11.4 Å². The Bertz CT molecular complexity index is 1290. The van der Waals surface area contributed by atoms with Gasteiger partial charge in [0.15, 0.2) is 11.5 Å². The maximum absolute atomic E-state index is 12.3. The number of non-ortho nitro benzene ring substituents is 1. The number of benzene rings is 3. The van der Waals surface area contributed by atoms with E-state index in [2.05, 4.69) is 0 Å². The molecule has 0 saturated carbocycles. The van der Waals surface area contributed by atoms with Crippen molar-refractivity contribution >= 4 is 23.1 Å². The van der Waals surface area contributed by atoms with E-state index < -0.39 is 16.9 Å². The lowest BCUT2D eigenvalue weighted by Crippen LogP contribution is -2.21. The van der Waals surface area contributed by atoms with Crippen LogP contribution in [-0.2, 0) is 0 Å². The monoisotopic (exact) mass is 477 g/mol. The number of ether oxygens (including phenoxy) is 3. The standard InChI is InChI=1S/C25H23N3O7/c1-33-18-10-4-15(5-11-18)20-14-21(27(26-20)16-6-8-17(9-7-16)28(31)32)19-12-13-22(34-2)24(35-3)23(19)25(29)30/h4-13,21H,14H2,1-3H3,(H,29,30). The molecule has 0 fully saturated rings. The molecule has 35 heavy (non-hydrogen) atoms. The van der Waals surface area contributed by atoms with Crippen LogP contribution in [0.25, 0.3) is 0 Å². The number of carbonyl (C=O) groups is 1. The van der Waals surface area contributed by atoms with Crippen LogP contribution in [0.15, 0.2) is 65.8 Å². The third-order valence-electron chi connectivity index (χ3n) is 5.81. The second kappa shape index (κ2) is 9.72. The molecule has 1 aliphatic heterocycles. The Morgan fingerprint density at radius 3 is 2.23 bits per heavy atom. The van der Waals surface area contributed by atoms with E-state index in [9.17, 15) is 20.0 Å². The van der Waals surface area contributed by atoms with Crippen LogP contribution in [0.1, 0.15) is 33.9 Å². The minimum atomic E-state index is -1.17. The average molecular weight is 477 g/mol. The van der Waals surface area contributed by atoms with Gasteiger partial charge in [0.25, 0.3) is 5.69 Å². The molecule has 1 atom stereocenters. The first-order valence-corrected chi connectivity index (χ1v) is 10.6. The molecule has 180 valence electrons. The van der Waals surface area contributed by atoms with Gasteiger partial charge in [-0.15, -0.1) is 0 Å². The van der Waals surface area contributed by atoms with E-state index in [1.54, 1.807) is 36.4 Å². The van der Waals surface area contributed by atoms with E-state index in [1.165, 1.54) is 26.4 Å². The second-order valence-electron chi connectivity index (χ2n) is 7.68. The fraction of sp³-hybridized carbons (Fsp3) is 0.200. The van der Waals surface area contributed by atoms with Crippen molar-refractivity contribution < 1.29 is 29.0 Å². The Hall–Kier alpha value is -4.60. The largest absolute Gasteiger partial charge is 0.497 e. The maximum Gasteiger partial charge on any atom is 0.339 e. The number of carboxylic acid groups (broad SMARTS) is 1. The molecular formula is C25H23N3O7. The van der Waals surface area contributed by atoms with Crippen LogP contribution < -0.4 is 19.2 Å². The highest BCUT2D eigenvalue weighted by Gasteiger charge is 2.35. The summed E-state index contributed by atoms with van der Waals surface area (Å²) in [4.78, 5) is 23.0. The fourth-order valence-corrected chi connectivity index (χ4v) is 4.12. The molecule has 0 aromatic heterocycles. The highest BCUT2D eigenvalue weighted by Crippen LogP contribution is 2.43. The second-order valence-corrected chi connectivity index (χ2v) is 7.68. The van der Waals surface area contributed by atoms with E-state index in [-0.39, 0.29) is 17.0 Å². The van der Waals surface area contributed by atoms with Crippen LogP contribution in [0.2, 0.25) is 0 Å². The smallest absolute Gasteiger partial charge is 0.339 e. The van der Waals surface area contributed by atoms with Gasteiger partial charge in [0.2, 0.25) is 0 Å². The van der Waals surface area contributed by atoms with Gasteiger partial charge in [-0.05, 0) is 53.6 Å².